The van der Waals surface area contributed by atoms with Gasteiger partial charge >= 0.3 is 6.18 Å². The smallest absolute Gasteiger partial charge is 0.392 e. The molecule has 0 heterocycles. The molecule has 0 saturated carbocycles. The van der Waals surface area contributed by atoms with E-state index in [-0.39, 0.29) is 34.2 Å². The van der Waals surface area contributed by atoms with Gasteiger partial charge in [0, 0.05) is 11.1 Å². The number of carbonyl (C=O) groups is 2. The average molecular weight is 352 g/mol. The van der Waals surface area contributed by atoms with E-state index in [2.05, 4.69) is 0 Å². The van der Waals surface area contributed by atoms with Gasteiger partial charge in [-0.05, 0) is 41.3 Å². The summed E-state index contributed by atoms with van der Waals surface area (Å²) in [6.45, 7) is -0.454. The number of rotatable bonds is 5. The van der Waals surface area contributed by atoms with Crippen molar-refractivity contribution in [3.05, 3.63) is 69.8 Å². The Kier molecular flexibility index (Phi) is 5.13. The van der Waals surface area contributed by atoms with Crippen LogP contribution in [-0.2, 0) is 19.2 Å². The quantitative estimate of drug-likeness (QED) is 0.766. The van der Waals surface area contributed by atoms with Crippen LogP contribution in [0.4, 0.5) is 13.2 Å². The number of hydrogen-bond acceptors (Lipinski definition) is 3. The monoisotopic (exact) mass is 352 g/mol. The van der Waals surface area contributed by atoms with Crippen molar-refractivity contribution < 1.29 is 27.9 Å². The van der Waals surface area contributed by atoms with Crippen LogP contribution in [0.15, 0.2) is 36.4 Å². The van der Waals surface area contributed by atoms with Gasteiger partial charge in [0.05, 0.1) is 12.2 Å². The third-order valence-electron chi connectivity index (χ3n) is 3.66. The van der Waals surface area contributed by atoms with E-state index in [0.29, 0.717) is 0 Å². The van der Waals surface area contributed by atoms with E-state index in [1.165, 1.54) is 24.3 Å². The zero-order valence-electron chi connectivity index (χ0n) is 12.9. The van der Waals surface area contributed by atoms with Crippen LogP contribution in [0, 0.1) is 0 Å². The maximum atomic E-state index is 12.8. The zero-order valence-corrected chi connectivity index (χ0v) is 12.9. The van der Waals surface area contributed by atoms with Crippen molar-refractivity contribution in [2.45, 2.75) is 19.2 Å². The van der Waals surface area contributed by atoms with Gasteiger partial charge in [-0.15, -0.1) is 0 Å². The third-order valence-corrected chi connectivity index (χ3v) is 3.66. The van der Waals surface area contributed by atoms with Crippen LogP contribution in [0.2, 0.25) is 0 Å². The highest BCUT2D eigenvalue weighted by Crippen LogP contribution is 2.30. The number of benzene rings is 2. The minimum atomic E-state index is -4.52. The molecule has 2 aromatic carbocycles. The Hall–Kier alpha value is -2.87. The fraction of sp³-hybridized carbons (Fsp3) is 0.176. The Balaban J connectivity index is 2.59. The highest BCUT2D eigenvalue weighted by atomic mass is 19.4. The lowest BCUT2D eigenvalue weighted by Gasteiger charge is -2.14. The first-order valence-electron chi connectivity index (χ1n) is 7.16. The standard InChI is InChI=1S/C17H15F3N2O3/c18-17(19,20)11-3-1-2-9(4-11)5-12-13(15(21)24)6-10(8-23)7-14(12)16(22)25/h1-4,6-7,23H,5,8H2,(H2,21,24)(H2,22,25). The molecule has 0 atom stereocenters. The summed E-state index contributed by atoms with van der Waals surface area (Å²) in [6.07, 6.45) is -4.66. The molecule has 25 heavy (non-hydrogen) atoms. The fourth-order valence-corrected chi connectivity index (χ4v) is 2.51. The van der Waals surface area contributed by atoms with E-state index in [0.717, 1.165) is 12.1 Å². The topological polar surface area (TPSA) is 106 Å². The minimum Gasteiger partial charge on any atom is -0.392 e. The SMILES string of the molecule is NC(=O)c1cc(CO)cc(C(N)=O)c1Cc1cccc(C(F)(F)F)c1. The lowest BCUT2D eigenvalue weighted by atomic mass is 9.91. The van der Waals surface area contributed by atoms with Crippen LogP contribution in [0.5, 0.6) is 0 Å². The summed E-state index contributed by atoms with van der Waals surface area (Å²) in [5.41, 5.74) is 10.2. The Bertz CT molecular complexity index is 797. The summed E-state index contributed by atoms with van der Waals surface area (Å²) in [6, 6.07) is 7.09. The highest BCUT2D eigenvalue weighted by molar-refractivity contribution is 6.01. The van der Waals surface area contributed by atoms with Gasteiger partial charge in [0.1, 0.15) is 0 Å². The van der Waals surface area contributed by atoms with Crippen molar-refractivity contribution in [2.75, 3.05) is 0 Å². The fourth-order valence-electron chi connectivity index (χ4n) is 2.51. The number of primary amides is 2. The Morgan fingerprint density at radius 2 is 1.52 bits per heavy atom. The third kappa shape index (κ3) is 4.16. The molecule has 2 aromatic rings. The number of carbonyl (C=O) groups excluding carboxylic acids is 2. The van der Waals surface area contributed by atoms with Crippen LogP contribution in [0.3, 0.4) is 0 Å². The lowest BCUT2D eigenvalue weighted by Crippen LogP contribution is -2.21. The van der Waals surface area contributed by atoms with Gasteiger partial charge < -0.3 is 16.6 Å². The molecule has 2 amide bonds. The van der Waals surface area contributed by atoms with E-state index in [1.54, 1.807) is 0 Å². The molecule has 132 valence electrons. The molecule has 2 rings (SSSR count). The normalized spacial score (nSPS) is 11.4. The van der Waals surface area contributed by atoms with Crippen molar-refractivity contribution in [1.29, 1.82) is 0 Å². The van der Waals surface area contributed by atoms with Crippen molar-refractivity contribution in [1.82, 2.24) is 0 Å². The Morgan fingerprint density at radius 3 is 1.96 bits per heavy atom. The van der Waals surface area contributed by atoms with Crippen LogP contribution >= 0.6 is 0 Å². The molecule has 0 aliphatic heterocycles. The molecule has 0 aliphatic carbocycles. The van der Waals surface area contributed by atoms with E-state index < -0.39 is 30.2 Å². The second-order valence-corrected chi connectivity index (χ2v) is 5.43. The molecule has 0 aliphatic rings. The van der Waals surface area contributed by atoms with Gasteiger partial charge in [-0.2, -0.15) is 13.2 Å². The zero-order chi connectivity index (χ0) is 18.8. The molecule has 0 unspecified atom stereocenters. The Labute approximate surface area is 141 Å². The predicted octanol–water partition coefficient (Wildman–Crippen LogP) is 1.99. The van der Waals surface area contributed by atoms with E-state index in [9.17, 15) is 27.9 Å². The molecule has 0 radical (unpaired) electrons. The predicted molar refractivity (Wildman–Crippen MR) is 83.7 cm³/mol. The first kappa shape index (κ1) is 18.5. The molecular weight excluding hydrogens is 337 g/mol. The van der Waals surface area contributed by atoms with Crippen LogP contribution < -0.4 is 11.5 Å². The molecule has 0 fully saturated rings. The largest absolute Gasteiger partial charge is 0.416 e. The van der Waals surface area contributed by atoms with Crippen LogP contribution in [0.25, 0.3) is 0 Å². The first-order valence-corrected chi connectivity index (χ1v) is 7.16. The summed E-state index contributed by atoms with van der Waals surface area (Å²) in [5, 5.41) is 9.23. The molecule has 5 N–H and O–H groups in total. The number of alkyl halides is 3. The lowest BCUT2D eigenvalue weighted by molar-refractivity contribution is -0.137. The number of amides is 2. The second kappa shape index (κ2) is 6.94. The summed E-state index contributed by atoms with van der Waals surface area (Å²) in [5.74, 6) is -1.75. The van der Waals surface area contributed by atoms with Crippen LogP contribution in [0.1, 0.15) is 43.0 Å². The molecule has 0 bridgehead atoms. The molecule has 5 nitrogen and oxygen atoms in total. The van der Waals surface area contributed by atoms with E-state index in [4.69, 9.17) is 11.5 Å². The molecule has 8 heteroatoms. The number of aliphatic hydroxyl groups excluding tert-OH is 1. The number of aliphatic hydroxyl groups is 1. The average Bonchev–Trinajstić information content (AvgIpc) is 2.54. The van der Waals surface area contributed by atoms with Gasteiger partial charge in [-0.3, -0.25) is 9.59 Å². The summed E-state index contributed by atoms with van der Waals surface area (Å²) < 4.78 is 38.5. The van der Waals surface area contributed by atoms with Crippen molar-refractivity contribution in [2.24, 2.45) is 11.5 Å². The van der Waals surface area contributed by atoms with Gasteiger partial charge in [-0.1, -0.05) is 18.2 Å². The van der Waals surface area contributed by atoms with Gasteiger partial charge in [0.2, 0.25) is 11.8 Å². The van der Waals surface area contributed by atoms with Crippen molar-refractivity contribution >= 4 is 11.8 Å². The van der Waals surface area contributed by atoms with Gasteiger partial charge in [0.25, 0.3) is 0 Å². The maximum Gasteiger partial charge on any atom is 0.416 e. The number of hydrogen-bond donors (Lipinski definition) is 3. The minimum absolute atomic E-state index is 0.0715. The van der Waals surface area contributed by atoms with E-state index >= 15 is 0 Å². The van der Waals surface area contributed by atoms with Gasteiger partial charge in [-0.25, -0.2) is 0 Å². The number of halogens is 3. The van der Waals surface area contributed by atoms with Gasteiger partial charge in [0.15, 0.2) is 0 Å². The summed E-state index contributed by atoms with van der Waals surface area (Å²) >= 11 is 0. The molecular formula is C17H15F3N2O3. The van der Waals surface area contributed by atoms with Crippen LogP contribution in [-0.4, -0.2) is 16.9 Å². The molecule has 0 spiro atoms. The Morgan fingerprint density at radius 1 is 0.960 bits per heavy atom. The molecule has 0 saturated heterocycles. The number of nitrogens with two attached hydrogens (primary N) is 2. The molecule has 0 aromatic heterocycles. The first-order chi connectivity index (χ1) is 11.6. The second-order valence-electron chi connectivity index (χ2n) is 5.43. The maximum absolute atomic E-state index is 12.8. The van der Waals surface area contributed by atoms with Crippen molar-refractivity contribution in [3.63, 3.8) is 0 Å². The van der Waals surface area contributed by atoms with E-state index in [1.807, 2.05) is 0 Å². The highest BCUT2D eigenvalue weighted by Gasteiger charge is 2.30. The van der Waals surface area contributed by atoms with Crippen molar-refractivity contribution in [3.8, 4) is 0 Å². The summed E-state index contributed by atoms with van der Waals surface area (Å²) in [4.78, 5) is 23.4. The summed E-state index contributed by atoms with van der Waals surface area (Å²) in [7, 11) is 0.